The third kappa shape index (κ3) is 2.01. The summed E-state index contributed by atoms with van der Waals surface area (Å²) in [4.78, 5) is 8.73. The summed E-state index contributed by atoms with van der Waals surface area (Å²) in [5.74, 6) is 0.414. The van der Waals surface area contributed by atoms with Crippen LogP contribution in [-0.2, 0) is 5.88 Å². The van der Waals surface area contributed by atoms with Crippen molar-refractivity contribution >= 4 is 17.6 Å². The normalized spacial score (nSPS) is 18.9. The number of rotatable bonds is 2. The molecule has 14 heavy (non-hydrogen) atoms. The average molecular weight is 216 g/mol. The Hall–Kier alpha value is -0.740. The number of anilines is 1. The molecule has 1 fully saturated rings. The molecule has 1 saturated heterocycles. The molecular weight excluding hydrogens is 202 g/mol. The Morgan fingerprint density at radius 1 is 1.43 bits per heavy atom. The molecule has 1 aromatic rings. The quantitative estimate of drug-likeness (QED) is 0.694. The maximum absolute atomic E-state index is 5.65. The third-order valence-corrected chi connectivity index (χ3v) is 2.72. The highest BCUT2D eigenvalue weighted by Crippen LogP contribution is 2.16. The molecule has 1 aliphatic rings. The molecule has 0 unspecified atom stereocenters. The van der Waals surface area contributed by atoms with E-state index in [-0.39, 0.29) is 0 Å². The van der Waals surface area contributed by atoms with Crippen LogP contribution in [0.4, 0.5) is 6.01 Å². The molecular formula is C9H14ClN3O. The van der Waals surface area contributed by atoms with Gasteiger partial charge in [0.05, 0.1) is 11.6 Å². The molecule has 0 N–H and O–H groups in total. The van der Waals surface area contributed by atoms with E-state index in [2.05, 4.69) is 21.8 Å². The molecule has 4 nitrogen and oxygen atoms in total. The van der Waals surface area contributed by atoms with Crippen molar-refractivity contribution in [3.8, 4) is 0 Å². The van der Waals surface area contributed by atoms with Crippen molar-refractivity contribution in [2.75, 3.05) is 38.1 Å². The van der Waals surface area contributed by atoms with Crippen LogP contribution in [0.1, 0.15) is 5.69 Å². The minimum atomic E-state index is 0.414. The molecule has 0 radical (unpaired) electrons. The van der Waals surface area contributed by atoms with E-state index in [9.17, 15) is 0 Å². The molecule has 0 saturated carbocycles. The lowest BCUT2D eigenvalue weighted by Crippen LogP contribution is -2.44. The van der Waals surface area contributed by atoms with Crippen LogP contribution in [0.3, 0.4) is 0 Å². The number of hydrogen-bond donors (Lipinski definition) is 0. The summed E-state index contributed by atoms with van der Waals surface area (Å²) < 4.78 is 5.34. The first-order chi connectivity index (χ1) is 6.79. The van der Waals surface area contributed by atoms with Gasteiger partial charge in [-0.2, -0.15) is 4.98 Å². The van der Waals surface area contributed by atoms with Gasteiger partial charge in [0.25, 0.3) is 6.01 Å². The summed E-state index contributed by atoms with van der Waals surface area (Å²) >= 11 is 5.65. The Morgan fingerprint density at radius 3 is 2.71 bits per heavy atom. The number of nitrogens with zero attached hydrogens (tertiary/aromatic N) is 3. The van der Waals surface area contributed by atoms with Crippen LogP contribution in [0.25, 0.3) is 0 Å². The number of alkyl halides is 1. The lowest BCUT2D eigenvalue weighted by Gasteiger charge is -2.31. The molecule has 1 aliphatic heterocycles. The third-order valence-electron chi connectivity index (χ3n) is 2.45. The van der Waals surface area contributed by atoms with E-state index < -0.39 is 0 Å². The van der Waals surface area contributed by atoms with Gasteiger partial charge in [-0.15, -0.1) is 11.6 Å². The highest BCUT2D eigenvalue weighted by Gasteiger charge is 2.17. The van der Waals surface area contributed by atoms with Gasteiger partial charge in [0.15, 0.2) is 0 Å². The van der Waals surface area contributed by atoms with Crippen LogP contribution in [0.5, 0.6) is 0 Å². The largest absolute Gasteiger partial charge is 0.432 e. The van der Waals surface area contributed by atoms with Gasteiger partial charge in [-0.3, -0.25) is 0 Å². The van der Waals surface area contributed by atoms with E-state index in [0.29, 0.717) is 11.9 Å². The van der Waals surface area contributed by atoms with E-state index in [4.69, 9.17) is 16.0 Å². The van der Waals surface area contributed by atoms with Gasteiger partial charge in [0.1, 0.15) is 6.26 Å². The smallest absolute Gasteiger partial charge is 0.297 e. The zero-order chi connectivity index (χ0) is 9.97. The summed E-state index contributed by atoms with van der Waals surface area (Å²) in [6, 6.07) is 0.703. The second kappa shape index (κ2) is 4.19. The first-order valence-corrected chi connectivity index (χ1v) is 5.27. The molecule has 2 heterocycles. The first kappa shape index (κ1) is 9.80. The molecule has 0 aliphatic carbocycles. The number of aromatic nitrogens is 1. The summed E-state index contributed by atoms with van der Waals surface area (Å²) in [7, 11) is 2.12. The predicted octanol–water partition coefficient (Wildman–Crippen LogP) is 1.17. The van der Waals surface area contributed by atoms with Gasteiger partial charge in [0.2, 0.25) is 0 Å². The molecule has 5 heteroatoms. The van der Waals surface area contributed by atoms with E-state index >= 15 is 0 Å². The summed E-state index contributed by atoms with van der Waals surface area (Å²) in [5.41, 5.74) is 0.806. The number of hydrogen-bond acceptors (Lipinski definition) is 4. The second-order valence-electron chi connectivity index (χ2n) is 3.55. The van der Waals surface area contributed by atoms with Crippen LogP contribution in [-0.4, -0.2) is 43.1 Å². The number of oxazole rings is 1. The molecule has 0 atom stereocenters. The van der Waals surface area contributed by atoms with Gasteiger partial charge in [0, 0.05) is 26.2 Å². The Bertz CT molecular complexity index is 294. The maximum atomic E-state index is 5.65. The van der Waals surface area contributed by atoms with Gasteiger partial charge in [-0.05, 0) is 7.05 Å². The van der Waals surface area contributed by atoms with Crippen molar-refractivity contribution in [2.24, 2.45) is 0 Å². The summed E-state index contributed by atoms with van der Waals surface area (Å²) in [5, 5.41) is 0. The Kier molecular flexibility index (Phi) is 2.93. The number of halogens is 1. The van der Waals surface area contributed by atoms with E-state index in [1.807, 2.05) is 0 Å². The zero-order valence-corrected chi connectivity index (χ0v) is 9.00. The SMILES string of the molecule is CN1CCN(c2nc(CCl)co2)CC1. The molecule has 1 aromatic heterocycles. The minimum Gasteiger partial charge on any atom is -0.432 e. The molecule has 2 rings (SSSR count). The maximum Gasteiger partial charge on any atom is 0.297 e. The standard InChI is InChI=1S/C9H14ClN3O/c1-12-2-4-13(5-3-12)9-11-8(6-10)7-14-9/h7H,2-6H2,1H3. The lowest BCUT2D eigenvalue weighted by atomic mass is 10.3. The summed E-state index contributed by atoms with van der Waals surface area (Å²) in [6.45, 7) is 4.05. The van der Waals surface area contributed by atoms with Crippen molar-refractivity contribution < 1.29 is 4.42 Å². The molecule has 0 spiro atoms. The van der Waals surface area contributed by atoms with Crippen LogP contribution < -0.4 is 4.90 Å². The van der Waals surface area contributed by atoms with Gasteiger partial charge in [-0.1, -0.05) is 0 Å². The Morgan fingerprint density at radius 2 is 2.14 bits per heavy atom. The van der Waals surface area contributed by atoms with Crippen LogP contribution in [0, 0.1) is 0 Å². The van der Waals surface area contributed by atoms with Gasteiger partial charge < -0.3 is 14.2 Å². The van der Waals surface area contributed by atoms with E-state index in [1.54, 1.807) is 6.26 Å². The lowest BCUT2D eigenvalue weighted by molar-refractivity contribution is 0.305. The van der Waals surface area contributed by atoms with Gasteiger partial charge in [-0.25, -0.2) is 0 Å². The van der Waals surface area contributed by atoms with Crippen molar-refractivity contribution in [1.82, 2.24) is 9.88 Å². The molecule has 0 bridgehead atoms. The highest BCUT2D eigenvalue weighted by molar-refractivity contribution is 6.16. The fourth-order valence-corrected chi connectivity index (χ4v) is 1.62. The fourth-order valence-electron chi connectivity index (χ4n) is 1.50. The fraction of sp³-hybridized carbons (Fsp3) is 0.667. The van der Waals surface area contributed by atoms with Crippen molar-refractivity contribution in [2.45, 2.75) is 5.88 Å². The first-order valence-electron chi connectivity index (χ1n) is 4.73. The zero-order valence-electron chi connectivity index (χ0n) is 8.24. The van der Waals surface area contributed by atoms with Crippen molar-refractivity contribution in [3.63, 3.8) is 0 Å². The van der Waals surface area contributed by atoms with Crippen molar-refractivity contribution in [3.05, 3.63) is 12.0 Å². The van der Waals surface area contributed by atoms with Crippen molar-refractivity contribution in [1.29, 1.82) is 0 Å². The number of piperazine rings is 1. The molecule has 0 aromatic carbocycles. The topological polar surface area (TPSA) is 32.5 Å². The Balaban J connectivity index is 2.01. The molecule has 78 valence electrons. The summed E-state index contributed by atoms with van der Waals surface area (Å²) in [6.07, 6.45) is 1.63. The van der Waals surface area contributed by atoms with Crippen LogP contribution in [0.15, 0.2) is 10.7 Å². The van der Waals surface area contributed by atoms with E-state index in [1.165, 1.54) is 0 Å². The highest BCUT2D eigenvalue weighted by atomic mass is 35.5. The van der Waals surface area contributed by atoms with Gasteiger partial charge >= 0.3 is 0 Å². The average Bonchev–Trinajstić information content (AvgIpc) is 2.67. The van der Waals surface area contributed by atoms with E-state index in [0.717, 1.165) is 31.9 Å². The van der Waals surface area contributed by atoms with Crippen LogP contribution >= 0.6 is 11.6 Å². The monoisotopic (exact) mass is 215 g/mol. The Labute approximate surface area is 88.5 Å². The molecule has 0 amide bonds. The second-order valence-corrected chi connectivity index (χ2v) is 3.81. The number of likely N-dealkylation sites (N-methyl/N-ethyl adjacent to an activating group) is 1. The predicted molar refractivity (Wildman–Crippen MR) is 55.8 cm³/mol. The van der Waals surface area contributed by atoms with Crippen LogP contribution in [0.2, 0.25) is 0 Å². The minimum absolute atomic E-state index is 0.414.